The van der Waals surface area contributed by atoms with Crippen LogP contribution < -0.4 is 24.8 Å². The maximum atomic E-state index is 15.1. The molecule has 51 heavy (non-hydrogen) atoms. The van der Waals surface area contributed by atoms with E-state index in [-0.39, 0.29) is 34.8 Å². The first kappa shape index (κ1) is 35.6. The number of amides is 2. The van der Waals surface area contributed by atoms with Crippen molar-refractivity contribution in [1.29, 1.82) is 0 Å². The van der Waals surface area contributed by atoms with E-state index >= 15 is 4.39 Å². The molecule has 0 aliphatic carbocycles. The van der Waals surface area contributed by atoms with Crippen molar-refractivity contribution < 1.29 is 28.2 Å². The highest BCUT2D eigenvalue weighted by atomic mass is 19.1. The number of nitrogens with zero attached hydrogens (tertiary/aromatic N) is 4. The number of carbonyl (C=O) groups excluding carboxylic acids is 2. The number of rotatable bonds is 13. The Balaban J connectivity index is 1.21. The number of hydrogen-bond donors (Lipinski definition) is 2. The summed E-state index contributed by atoms with van der Waals surface area (Å²) in [7, 11) is 1.48. The summed E-state index contributed by atoms with van der Waals surface area (Å²) in [6, 6.07) is 15.2. The van der Waals surface area contributed by atoms with E-state index in [0.29, 0.717) is 42.4 Å². The van der Waals surface area contributed by atoms with Crippen LogP contribution >= 0.6 is 0 Å². The van der Waals surface area contributed by atoms with Gasteiger partial charge in [0.2, 0.25) is 11.8 Å². The fraction of sp³-hybridized carbons (Fsp3) is 0.385. The summed E-state index contributed by atoms with van der Waals surface area (Å²) in [5.74, 6) is -0.377. The molecule has 0 radical (unpaired) electrons. The van der Waals surface area contributed by atoms with Gasteiger partial charge in [-0.05, 0) is 100 Å². The number of anilines is 3. The van der Waals surface area contributed by atoms with Crippen molar-refractivity contribution in [3.63, 3.8) is 0 Å². The average Bonchev–Trinajstić information content (AvgIpc) is 3.68. The van der Waals surface area contributed by atoms with Crippen LogP contribution in [0.15, 0.2) is 60.8 Å². The second kappa shape index (κ2) is 16.7. The molecule has 3 aromatic carbocycles. The van der Waals surface area contributed by atoms with Gasteiger partial charge in [0.1, 0.15) is 5.56 Å². The molecule has 1 aromatic heterocycles. The van der Waals surface area contributed by atoms with Gasteiger partial charge in [0.15, 0.2) is 23.1 Å². The Morgan fingerprint density at radius 1 is 0.882 bits per heavy atom. The Morgan fingerprint density at radius 3 is 2.33 bits per heavy atom. The standard InChI is InChI=1S/C39H45FN6O5/c1-26-11-9-12-27(2)35(26)43-36(47)30-25-41-39(42-29-14-16-32(31(40)24-29)50-22-10-19-45-17-5-4-6-18-45)44-37(30)51-33-15-13-28(23-34(33)49-3)38(48)46-20-7-8-21-46/h9,11-16,23-25H,4-8,10,17-22H2,1-3H3,(H,43,47)(H,41,42,44). The molecule has 2 fully saturated rings. The number of hydrogen-bond acceptors (Lipinski definition) is 9. The monoisotopic (exact) mass is 696 g/mol. The molecule has 2 amide bonds. The number of aryl methyl sites for hydroxylation is 2. The van der Waals surface area contributed by atoms with E-state index in [0.717, 1.165) is 50.0 Å². The molecule has 2 aliphatic rings. The van der Waals surface area contributed by atoms with E-state index in [1.54, 1.807) is 30.3 Å². The quantitative estimate of drug-likeness (QED) is 0.137. The van der Waals surface area contributed by atoms with Gasteiger partial charge in [0, 0.05) is 48.8 Å². The van der Waals surface area contributed by atoms with Crippen molar-refractivity contribution in [2.75, 3.05) is 57.1 Å². The number of carbonyl (C=O) groups is 2. The lowest BCUT2D eigenvalue weighted by molar-refractivity contribution is 0.0792. The van der Waals surface area contributed by atoms with Crippen LogP contribution in [0.1, 0.15) is 70.4 Å². The molecule has 0 unspecified atom stereocenters. The summed E-state index contributed by atoms with van der Waals surface area (Å²) in [4.78, 5) is 39.9. The smallest absolute Gasteiger partial charge is 0.262 e. The Hall–Kier alpha value is -5.23. The fourth-order valence-electron chi connectivity index (χ4n) is 6.42. The van der Waals surface area contributed by atoms with E-state index in [9.17, 15) is 9.59 Å². The zero-order valence-electron chi connectivity index (χ0n) is 29.5. The highest BCUT2D eigenvalue weighted by Gasteiger charge is 2.23. The predicted molar refractivity (Wildman–Crippen MR) is 194 cm³/mol. The molecule has 2 N–H and O–H groups in total. The van der Waals surface area contributed by atoms with E-state index in [1.807, 2.05) is 36.9 Å². The van der Waals surface area contributed by atoms with Gasteiger partial charge in [0.25, 0.3) is 11.8 Å². The number of halogens is 1. The summed E-state index contributed by atoms with van der Waals surface area (Å²) in [6.07, 6.45) is 7.87. The van der Waals surface area contributed by atoms with Crippen molar-refractivity contribution in [2.24, 2.45) is 0 Å². The molecule has 11 nitrogen and oxygen atoms in total. The number of likely N-dealkylation sites (tertiary alicyclic amines) is 2. The Bertz CT molecular complexity index is 1840. The molecule has 0 spiro atoms. The third kappa shape index (κ3) is 8.93. The van der Waals surface area contributed by atoms with Gasteiger partial charge in [-0.3, -0.25) is 9.59 Å². The number of nitrogens with one attached hydrogen (secondary N) is 2. The lowest BCUT2D eigenvalue weighted by atomic mass is 10.1. The second-order valence-corrected chi connectivity index (χ2v) is 13.0. The van der Waals surface area contributed by atoms with Crippen molar-refractivity contribution in [3.8, 4) is 23.1 Å². The molecule has 2 saturated heterocycles. The molecule has 6 rings (SSSR count). The van der Waals surface area contributed by atoms with E-state index < -0.39 is 11.7 Å². The van der Waals surface area contributed by atoms with E-state index in [4.69, 9.17) is 14.2 Å². The predicted octanol–water partition coefficient (Wildman–Crippen LogP) is 7.52. The van der Waals surface area contributed by atoms with Crippen LogP contribution in [0.4, 0.5) is 21.7 Å². The van der Waals surface area contributed by atoms with E-state index in [1.165, 1.54) is 38.6 Å². The minimum absolute atomic E-state index is 0.0574. The summed E-state index contributed by atoms with van der Waals surface area (Å²) in [5, 5.41) is 5.97. The van der Waals surface area contributed by atoms with Crippen LogP contribution in [-0.2, 0) is 0 Å². The number of benzene rings is 3. The highest BCUT2D eigenvalue weighted by Crippen LogP contribution is 2.35. The molecular formula is C39H45FN6O5. The zero-order valence-corrected chi connectivity index (χ0v) is 29.5. The zero-order chi connectivity index (χ0) is 35.7. The topological polar surface area (TPSA) is 118 Å². The van der Waals surface area contributed by atoms with Crippen LogP contribution in [-0.4, -0.2) is 78.0 Å². The number of piperidine rings is 1. The van der Waals surface area contributed by atoms with Gasteiger partial charge in [0.05, 0.1) is 13.7 Å². The molecule has 0 atom stereocenters. The first-order valence-electron chi connectivity index (χ1n) is 17.6. The SMILES string of the molecule is COc1cc(C(=O)N2CCCC2)ccc1Oc1nc(Nc2ccc(OCCCN3CCCCC3)c(F)c2)ncc1C(=O)Nc1c(C)cccc1C. The third-order valence-electron chi connectivity index (χ3n) is 9.24. The Kier molecular flexibility index (Phi) is 11.6. The summed E-state index contributed by atoms with van der Waals surface area (Å²) in [5.41, 5.74) is 3.36. The molecule has 268 valence electrons. The number of para-hydroxylation sites is 1. The molecule has 4 aromatic rings. The largest absolute Gasteiger partial charge is 0.493 e. The first-order valence-corrected chi connectivity index (χ1v) is 17.6. The number of aromatic nitrogens is 2. The number of ether oxygens (including phenoxy) is 3. The molecule has 12 heteroatoms. The lowest BCUT2D eigenvalue weighted by Gasteiger charge is -2.26. The van der Waals surface area contributed by atoms with Crippen molar-refractivity contribution >= 4 is 29.1 Å². The van der Waals surface area contributed by atoms with Crippen LogP contribution in [0.25, 0.3) is 0 Å². The fourth-order valence-corrected chi connectivity index (χ4v) is 6.42. The molecule has 2 aliphatic heterocycles. The van der Waals surface area contributed by atoms with Gasteiger partial charge < -0.3 is 34.6 Å². The van der Waals surface area contributed by atoms with Crippen molar-refractivity contribution in [1.82, 2.24) is 19.8 Å². The van der Waals surface area contributed by atoms with Crippen LogP contribution in [0.2, 0.25) is 0 Å². The summed E-state index contributed by atoms with van der Waals surface area (Å²) >= 11 is 0. The molecule has 3 heterocycles. The summed E-state index contributed by atoms with van der Waals surface area (Å²) in [6.45, 7) is 8.83. The minimum Gasteiger partial charge on any atom is -0.493 e. The van der Waals surface area contributed by atoms with E-state index in [2.05, 4.69) is 25.5 Å². The molecule has 0 saturated carbocycles. The van der Waals surface area contributed by atoms with Crippen LogP contribution in [0.5, 0.6) is 23.1 Å². The minimum atomic E-state index is -0.521. The average molecular weight is 697 g/mol. The van der Waals surface area contributed by atoms with Gasteiger partial charge in [-0.25, -0.2) is 9.37 Å². The van der Waals surface area contributed by atoms with Gasteiger partial charge in [-0.1, -0.05) is 24.6 Å². The summed E-state index contributed by atoms with van der Waals surface area (Å²) < 4.78 is 32.7. The van der Waals surface area contributed by atoms with Crippen molar-refractivity contribution in [2.45, 2.75) is 52.4 Å². The van der Waals surface area contributed by atoms with Gasteiger partial charge in [-0.2, -0.15) is 4.98 Å². The van der Waals surface area contributed by atoms with Crippen LogP contribution in [0.3, 0.4) is 0 Å². The second-order valence-electron chi connectivity index (χ2n) is 13.0. The Labute approximate surface area is 298 Å². The highest BCUT2D eigenvalue weighted by molar-refractivity contribution is 6.06. The van der Waals surface area contributed by atoms with Crippen LogP contribution in [0, 0.1) is 19.7 Å². The normalized spacial score (nSPS) is 14.6. The third-order valence-corrected chi connectivity index (χ3v) is 9.24. The first-order chi connectivity index (χ1) is 24.8. The number of methoxy groups -OCH3 is 1. The Morgan fingerprint density at radius 2 is 1.61 bits per heavy atom. The maximum absolute atomic E-state index is 15.1. The van der Waals surface area contributed by atoms with Gasteiger partial charge in [-0.15, -0.1) is 0 Å². The molecular weight excluding hydrogens is 651 g/mol. The molecule has 0 bridgehead atoms. The lowest BCUT2D eigenvalue weighted by Crippen LogP contribution is -2.31. The van der Waals surface area contributed by atoms with Crippen molar-refractivity contribution in [3.05, 3.63) is 88.9 Å². The van der Waals surface area contributed by atoms with Gasteiger partial charge >= 0.3 is 0 Å². The maximum Gasteiger partial charge on any atom is 0.262 e.